The summed E-state index contributed by atoms with van der Waals surface area (Å²) in [5.74, 6) is 1.16. The number of thioether (sulfide) groups is 1. The van der Waals surface area contributed by atoms with Crippen LogP contribution in [-0.4, -0.2) is 56.4 Å². The van der Waals surface area contributed by atoms with E-state index in [1.165, 1.54) is 23.6 Å². The first-order valence-electron chi connectivity index (χ1n) is 7.14. The van der Waals surface area contributed by atoms with Crippen LogP contribution >= 0.6 is 11.8 Å². The van der Waals surface area contributed by atoms with Gasteiger partial charge in [0.1, 0.15) is 0 Å². The van der Waals surface area contributed by atoms with E-state index in [-0.39, 0.29) is 0 Å². The molecule has 2 N–H and O–H groups in total. The summed E-state index contributed by atoms with van der Waals surface area (Å²) in [6, 6.07) is 0.694. The number of nitrogens with one attached hydrogen (secondary N) is 2. The number of hydrogen-bond acceptors (Lipinski definition) is 4. The van der Waals surface area contributed by atoms with Crippen molar-refractivity contribution >= 4 is 22.0 Å². The molecule has 1 aliphatic heterocycles. The molecule has 0 amide bonds. The molecule has 5 nitrogen and oxygen atoms in total. The standard InChI is InChI=1S/C12H25N3O2S2/c1-15(8-3-7-13-11-5-6-11)19(16,17)14-10-12-4-2-9-18-12/h11-14H,2-10H2,1H3. The van der Waals surface area contributed by atoms with Gasteiger partial charge in [0.25, 0.3) is 10.2 Å². The van der Waals surface area contributed by atoms with Crippen LogP contribution < -0.4 is 10.0 Å². The summed E-state index contributed by atoms with van der Waals surface area (Å²) in [4.78, 5) is 0. The second-order valence-electron chi connectivity index (χ2n) is 5.39. The molecule has 2 aliphatic rings. The Hall–Kier alpha value is 0.180. The van der Waals surface area contributed by atoms with Gasteiger partial charge in [-0.25, -0.2) is 4.72 Å². The highest BCUT2D eigenvalue weighted by Gasteiger charge is 2.22. The predicted molar refractivity (Wildman–Crippen MR) is 80.7 cm³/mol. The molecule has 1 saturated heterocycles. The van der Waals surface area contributed by atoms with Crippen molar-refractivity contribution in [1.29, 1.82) is 0 Å². The Kier molecular flexibility index (Phi) is 5.95. The fourth-order valence-electron chi connectivity index (χ4n) is 2.13. The van der Waals surface area contributed by atoms with Crippen molar-refractivity contribution in [2.45, 2.75) is 43.4 Å². The largest absolute Gasteiger partial charge is 0.314 e. The summed E-state index contributed by atoms with van der Waals surface area (Å²) in [5.41, 5.74) is 0. The lowest BCUT2D eigenvalue weighted by molar-refractivity contribution is 0.444. The van der Waals surface area contributed by atoms with Gasteiger partial charge in [-0.15, -0.1) is 0 Å². The zero-order valence-corrected chi connectivity index (χ0v) is 13.2. The first-order chi connectivity index (χ1) is 9.08. The summed E-state index contributed by atoms with van der Waals surface area (Å²) < 4.78 is 28.2. The molecule has 1 heterocycles. The Balaban J connectivity index is 1.61. The maximum absolute atomic E-state index is 12.0. The van der Waals surface area contributed by atoms with Gasteiger partial charge in [-0.05, 0) is 44.4 Å². The molecule has 7 heteroatoms. The van der Waals surface area contributed by atoms with Crippen molar-refractivity contribution in [3.63, 3.8) is 0 Å². The fraction of sp³-hybridized carbons (Fsp3) is 1.00. The second kappa shape index (κ2) is 7.26. The molecule has 2 rings (SSSR count). The fourth-order valence-corrected chi connectivity index (χ4v) is 4.44. The molecule has 0 spiro atoms. The van der Waals surface area contributed by atoms with E-state index in [0.29, 0.717) is 24.4 Å². The summed E-state index contributed by atoms with van der Waals surface area (Å²) >= 11 is 1.87. The minimum atomic E-state index is -3.29. The molecule has 1 atom stereocenters. The maximum Gasteiger partial charge on any atom is 0.279 e. The highest BCUT2D eigenvalue weighted by atomic mass is 32.2. The average molecular weight is 307 g/mol. The van der Waals surface area contributed by atoms with Crippen LogP contribution in [0.5, 0.6) is 0 Å². The smallest absolute Gasteiger partial charge is 0.279 e. The first-order valence-corrected chi connectivity index (χ1v) is 9.63. The van der Waals surface area contributed by atoms with Crippen molar-refractivity contribution in [3.05, 3.63) is 0 Å². The van der Waals surface area contributed by atoms with E-state index in [2.05, 4.69) is 10.0 Å². The van der Waals surface area contributed by atoms with Gasteiger partial charge in [0, 0.05) is 31.4 Å². The van der Waals surface area contributed by atoms with Crippen LogP contribution in [0.4, 0.5) is 0 Å². The molecular formula is C12H25N3O2S2. The van der Waals surface area contributed by atoms with Crippen molar-refractivity contribution in [2.75, 3.05) is 32.4 Å². The van der Waals surface area contributed by atoms with Crippen molar-refractivity contribution in [1.82, 2.24) is 14.3 Å². The molecule has 1 unspecified atom stereocenters. The monoisotopic (exact) mass is 307 g/mol. The third-order valence-electron chi connectivity index (χ3n) is 3.59. The van der Waals surface area contributed by atoms with Crippen molar-refractivity contribution in [2.24, 2.45) is 0 Å². The summed E-state index contributed by atoms with van der Waals surface area (Å²) in [6.45, 7) is 2.05. The second-order valence-corrected chi connectivity index (χ2v) is 8.66. The Morgan fingerprint density at radius 3 is 2.74 bits per heavy atom. The lowest BCUT2D eigenvalue weighted by Gasteiger charge is -2.19. The minimum Gasteiger partial charge on any atom is -0.314 e. The van der Waals surface area contributed by atoms with Crippen LogP contribution in [0, 0.1) is 0 Å². The van der Waals surface area contributed by atoms with Gasteiger partial charge in [-0.2, -0.15) is 24.5 Å². The lowest BCUT2D eigenvalue weighted by atomic mass is 10.2. The van der Waals surface area contributed by atoms with E-state index >= 15 is 0 Å². The molecule has 0 aromatic carbocycles. The predicted octanol–water partition coefficient (Wildman–Crippen LogP) is 0.790. The molecular weight excluding hydrogens is 282 g/mol. The van der Waals surface area contributed by atoms with Crippen LogP contribution in [0.2, 0.25) is 0 Å². The third-order valence-corrected chi connectivity index (χ3v) is 6.52. The van der Waals surface area contributed by atoms with Gasteiger partial charge in [-0.1, -0.05) is 0 Å². The normalized spacial score (nSPS) is 24.2. The summed E-state index contributed by atoms with van der Waals surface area (Å²) in [6.07, 6.45) is 5.75. The molecule has 0 aromatic heterocycles. The van der Waals surface area contributed by atoms with Crippen LogP contribution in [0.3, 0.4) is 0 Å². The highest BCUT2D eigenvalue weighted by Crippen LogP contribution is 2.25. The molecule has 0 bridgehead atoms. The highest BCUT2D eigenvalue weighted by molar-refractivity contribution is 8.00. The third kappa shape index (κ3) is 5.59. The van der Waals surface area contributed by atoms with Crippen LogP contribution in [0.25, 0.3) is 0 Å². The average Bonchev–Trinajstić information content (AvgIpc) is 3.05. The number of rotatable bonds is 9. The summed E-state index contributed by atoms with van der Waals surface area (Å²) in [7, 11) is -1.64. The van der Waals surface area contributed by atoms with Crippen molar-refractivity contribution in [3.8, 4) is 0 Å². The molecule has 19 heavy (non-hydrogen) atoms. The molecule has 112 valence electrons. The maximum atomic E-state index is 12.0. The zero-order chi connectivity index (χ0) is 13.7. The van der Waals surface area contributed by atoms with E-state index in [1.807, 2.05) is 11.8 Å². The van der Waals surface area contributed by atoms with Gasteiger partial charge in [0.15, 0.2) is 0 Å². The SMILES string of the molecule is CN(CCCNC1CC1)S(=O)(=O)NCC1CCCS1. The van der Waals surface area contributed by atoms with E-state index in [4.69, 9.17) is 0 Å². The van der Waals surface area contributed by atoms with Crippen LogP contribution in [0.1, 0.15) is 32.1 Å². The molecule has 1 saturated carbocycles. The Bertz CT molecular complexity index is 365. The Morgan fingerprint density at radius 2 is 2.11 bits per heavy atom. The van der Waals surface area contributed by atoms with E-state index in [9.17, 15) is 8.42 Å². The molecule has 0 radical (unpaired) electrons. The number of nitrogens with zero attached hydrogens (tertiary/aromatic N) is 1. The lowest BCUT2D eigenvalue weighted by Crippen LogP contribution is -2.41. The van der Waals surface area contributed by atoms with Gasteiger partial charge < -0.3 is 5.32 Å². The van der Waals surface area contributed by atoms with Gasteiger partial charge in [0.05, 0.1) is 0 Å². The molecule has 2 fully saturated rings. The van der Waals surface area contributed by atoms with Crippen LogP contribution in [0.15, 0.2) is 0 Å². The molecule has 1 aliphatic carbocycles. The van der Waals surface area contributed by atoms with E-state index < -0.39 is 10.2 Å². The first kappa shape index (κ1) is 15.6. The Labute approximate surface area is 121 Å². The zero-order valence-electron chi connectivity index (χ0n) is 11.6. The van der Waals surface area contributed by atoms with Gasteiger partial charge in [0.2, 0.25) is 0 Å². The quantitative estimate of drug-likeness (QED) is 0.618. The molecule has 0 aromatic rings. The number of hydrogen-bond donors (Lipinski definition) is 2. The summed E-state index contributed by atoms with van der Waals surface area (Å²) in [5, 5.41) is 3.85. The van der Waals surface area contributed by atoms with E-state index in [1.54, 1.807) is 7.05 Å². The topological polar surface area (TPSA) is 61.4 Å². The van der Waals surface area contributed by atoms with Gasteiger partial charge >= 0.3 is 0 Å². The Morgan fingerprint density at radius 1 is 1.32 bits per heavy atom. The van der Waals surface area contributed by atoms with Crippen LogP contribution in [-0.2, 0) is 10.2 Å². The van der Waals surface area contributed by atoms with E-state index in [0.717, 1.165) is 25.1 Å². The van der Waals surface area contributed by atoms with Crippen molar-refractivity contribution < 1.29 is 8.42 Å². The minimum absolute atomic E-state index is 0.458. The van der Waals surface area contributed by atoms with Gasteiger partial charge in [-0.3, -0.25) is 0 Å².